The van der Waals surface area contributed by atoms with Crippen LogP contribution in [0.15, 0.2) is 36.4 Å². The molecule has 1 aromatic heterocycles. The van der Waals surface area contributed by atoms with E-state index in [0.717, 1.165) is 12.1 Å². The number of hydrogen-bond acceptors (Lipinski definition) is 4. The highest BCUT2D eigenvalue weighted by Gasteiger charge is 2.29. The molecule has 29 heavy (non-hydrogen) atoms. The topological polar surface area (TPSA) is 68.5 Å². The Morgan fingerprint density at radius 3 is 2.41 bits per heavy atom. The number of aromatic nitrogens is 1. The molecule has 0 aliphatic carbocycles. The molecule has 2 aromatic carbocycles. The van der Waals surface area contributed by atoms with E-state index in [0.29, 0.717) is 16.6 Å². The van der Waals surface area contributed by atoms with Crippen LogP contribution in [0.2, 0.25) is 0 Å². The first-order valence-corrected chi connectivity index (χ1v) is 9.16. The van der Waals surface area contributed by atoms with Crippen LogP contribution in [0, 0.1) is 18.6 Å². The van der Waals surface area contributed by atoms with Gasteiger partial charge in [0.25, 0.3) is 5.91 Å². The van der Waals surface area contributed by atoms with Gasteiger partial charge >= 0.3 is 5.97 Å². The lowest BCUT2D eigenvalue weighted by Crippen LogP contribution is -2.19. The van der Waals surface area contributed by atoms with E-state index in [1.54, 1.807) is 27.7 Å². The average molecular weight is 401 g/mol. The first-order chi connectivity index (χ1) is 13.6. The first kappa shape index (κ1) is 20.5. The van der Waals surface area contributed by atoms with Crippen molar-refractivity contribution in [3.8, 4) is 5.75 Å². The maximum Gasteiger partial charge on any atom is 0.313 e. The highest BCUT2D eigenvalue weighted by molar-refractivity contribution is 6.05. The van der Waals surface area contributed by atoms with E-state index in [9.17, 15) is 23.5 Å². The van der Waals surface area contributed by atoms with Crippen molar-refractivity contribution in [2.75, 3.05) is 0 Å². The molecular formula is C22H21F2NO4. The monoisotopic (exact) mass is 401 g/mol. The zero-order valence-electron chi connectivity index (χ0n) is 16.5. The fraction of sp³-hybridized carbons (Fsp3) is 0.273. The number of aromatic hydroxyl groups is 1. The van der Waals surface area contributed by atoms with E-state index in [1.807, 2.05) is 0 Å². The molecule has 0 unspecified atom stereocenters. The molecule has 0 fully saturated rings. The second-order valence-electron chi connectivity index (χ2n) is 7.18. The molecule has 3 rings (SSSR count). The van der Waals surface area contributed by atoms with Gasteiger partial charge in [-0.25, -0.2) is 8.78 Å². The third-order valence-electron chi connectivity index (χ3n) is 4.73. The molecule has 1 heterocycles. The van der Waals surface area contributed by atoms with Crippen molar-refractivity contribution in [2.45, 2.75) is 39.7 Å². The molecule has 0 spiro atoms. The van der Waals surface area contributed by atoms with Crippen LogP contribution in [0.5, 0.6) is 5.75 Å². The van der Waals surface area contributed by atoms with Crippen LogP contribution >= 0.6 is 0 Å². The van der Waals surface area contributed by atoms with Crippen LogP contribution in [0.1, 0.15) is 48.3 Å². The summed E-state index contributed by atoms with van der Waals surface area (Å²) in [6, 6.07) is 7.36. The van der Waals surface area contributed by atoms with Crippen LogP contribution in [0.3, 0.4) is 0 Å². The van der Waals surface area contributed by atoms with Crippen molar-refractivity contribution in [3.05, 3.63) is 64.9 Å². The third-order valence-corrected chi connectivity index (χ3v) is 4.73. The summed E-state index contributed by atoms with van der Waals surface area (Å²) in [5, 5.41) is 10.2. The maximum atomic E-state index is 14.1. The number of phenolic OH excluding ortho intramolecular Hbond substituents is 1. The Labute approximate surface area is 166 Å². The number of benzene rings is 2. The van der Waals surface area contributed by atoms with Gasteiger partial charge in [-0.05, 0) is 57.5 Å². The summed E-state index contributed by atoms with van der Waals surface area (Å²) >= 11 is 0. The van der Waals surface area contributed by atoms with Gasteiger partial charge in [0.15, 0.2) is 11.6 Å². The lowest BCUT2D eigenvalue weighted by atomic mass is 9.97. The van der Waals surface area contributed by atoms with Crippen molar-refractivity contribution in [2.24, 2.45) is 0 Å². The SMILES string of the molecule is Cc1c([C@@H](C)C(=O)OC(C)C)c2cc(O)c(F)cc2n1C(=O)c1cccc(F)c1. The Balaban J connectivity index is 2.26. The van der Waals surface area contributed by atoms with E-state index < -0.39 is 35.2 Å². The van der Waals surface area contributed by atoms with Crippen molar-refractivity contribution in [1.82, 2.24) is 4.57 Å². The summed E-state index contributed by atoms with van der Waals surface area (Å²) in [7, 11) is 0. The zero-order valence-corrected chi connectivity index (χ0v) is 16.5. The van der Waals surface area contributed by atoms with Crippen LogP contribution < -0.4 is 0 Å². The Hall–Kier alpha value is -3.22. The lowest BCUT2D eigenvalue weighted by molar-refractivity contribution is -0.148. The van der Waals surface area contributed by atoms with Gasteiger partial charge < -0.3 is 9.84 Å². The number of carbonyl (C=O) groups excluding carboxylic acids is 2. The van der Waals surface area contributed by atoms with Crippen LogP contribution in [-0.2, 0) is 9.53 Å². The van der Waals surface area contributed by atoms with Gasteiger partial charge in [-0.1, -0.05) is 6.07 Å². The number of esters is 1. The maximum absolute atomic E-state index is 14.1. The number of fused-ring (bicyclic) bond motifs is 1. The average Bonchev–Trinajstić information content (AvgIpc) is 2.91. The van der Waals surface area contributed by atoms with Gasteiger partial charge in [-0.2, -0.15) is 0 Å². The predicted octanol–water partition coefficient (Wildman–Crippen LogP) is 4.68. The smallest absolute Gasteiger partial charge is 0.313 e. The molecule has 1 N–H and O–H groups in total. The Morgan fingerprint density at radius 1 is 1.10 bits per heavy atom. The molecule has 3 aromatic rings. The van der Waals surface area contributed by atoms with E-state index >= 15 is 0 Å². The molecule has 0 aliphatic rings. The molecule has 0 bridgehead atoms. The van der Waals surface area contributed by atoms with Crippen LogP contribution in [0.25, 0.3) is 10.9 Å². The number of rotatable bonds is 4. The molecule has 0 amide bonds. The molecule has 1 atom stereocenters. The minimum Gasteiger partial charge on any atom is -0.505 e. The summed E-state index contributed by atoms with van der Waals surface area (Å²) < 4.78 is 34.2. The van der Waals surface area contributed by atoms with Gasteiger partial charge in [-0.3, -0.25) is 14.2 Å². The van der Waals surface area contributed by atoms with Gasteiger partial charge in [0.1, 0.15) is 5.82 Å². The van der Waals surface area contributed by atoms with Gasteiger partial charge in [-0.15, -0.1) is 0 Å². The third kappa shape index (κ3) is 3.72. The molecule has 0 saturated carbocycles. The van der Waals surface area contributed by atoms with Crippen molar-refractivity contribution >= 4 is 22.8 Å². The van der Waals surface area contributed by atoms with E-state index in [4.69, 9.17) is 4.74 Å². The standard InChI is InChI=1S/C22H21F2NO4/c1-11(2)29-22(28)12(3)20-13(4)25(18-10-17(24)19(26)9-16(18)20)21(27)14-6-5-7-15(23)8-14/h5-12,26H,1-4H3/t12-/m1/s1. The highest BCUT2D eigenvalue weighted by atomic mass is 19.1. The summed E-state index contributed by atoms with van der Waals surface area (Å²) in [5.74, 6) is -3.95. The minimum atomic E-state index is -0.910. The molecule has 0 saturated heterocycles. The number of nitrogens with zero attached hydrogens (tertiary/aromatic N) is 1. The van der Waals surface area contributed by atoms with Crippen molar-refractivity contribution in [3.63, 3.8) is 0 Å². The summed E-state index contributed by atoms with van der Waals surface area (Å²) in [5.41, 5.74) is 1.06. The number of hydrogen-bond donors (Lipinski definition) is 1. The molecule has 7 heteroatoms. The summed E-state index contributed by atoms with van der Waals surface area (Å²) in [6.07, 6.45) is -0.335. The fourth-order valence-electron chi connectivity index (χ4n) is 3.46. The van der Waals surface area contributed by atoms with Crippen LogP contribution in [0.4, 0.5) is 8.78 Å². The zero-order chi connectivity index (χ0) is 21.5. The van der Waals surface area contributed by atoms with Gasteiger partial charge in [0.05, 0.1) is 17.5 Å². The molecular weight excluding hydrogens is 380 g/mol. The molecule has 5 nitrogen and oxygen atoms in total. The second-order valence-corrected chi connectivity index (χ2v) is 7.18. The van der Waals surface area contributed by atoms with E-state index in [2.05, 4.69) is 0 Å². The van der Waals surface area contributed by atoms with E-state index in [-0.39, 0.29) is 17.2 Å². The fourth-order valence-corrected chi connectivity index (χ4v) is 3.46. The Morgan fingerprint density at radius 2 is 1.79 bits per heavy atom. The summed E-state index contributed by atoms with van der Waals surface area (Å²) in [6.45, 7) is 6.66. The molecule has 0 aliphatic heterocycles. The second kappa shape index (κ2) is 7.66. The molecule has 152 valence electrons. The normalized spacial score (nSPS) is 12.4. The number of ether oxygens (including phenoxy) is 1. The molecule has 0 radical (unpaired) electrons. The van der Waals surface area contributed by atoms with Gasteiger partial charge in [0, 0.05) is 22.7 Å². The largest absolute Gasteiger partial charge is 0.505 e. The Kier molecular flexibility index (Phi) is 5.42. The van der Waals surface area contributed by atoms with Crippen molar-refractivity contribution in [1.29, 1.82) is 0 Å². The minimum absolute atomic E-state index is 0.0717. The highest BCUT2D eigenvalue weighted by Crippen LogP contribution is 2.36. The van der Waals surface area contributed by atoms with Crippen molar-refractivity contribution < 1.29 is 28.2 Å². The quantitative estimate of drug-likeness (QED) is 0.645. The van der Waals surface area contributed by atoms with E-state index in [1.165, 1.54) is 28.8 Å². The first-order valence-electron chi connectivity index (χ1n) is 9.16. The number of carbonyl (C=O) groups is 2. The summed E-state index contributed by atoms with van der Waals surface area (Å²) in [4.78, 5) is 25.6. The number of phenols is 1. The lowest BCUT2D eigenvalue weighted by Gasteiger charge is -2.15. The van der Waals surface area contributed by atoms with Gasteiger partial charge in [0.2, 0.25) is 0 Å². The Bertz CT molecular complexity index is 1120. The predicted molar refractivity (Wildman–Crippen MR) is 104 cm³/mol. The van der Waals surface area contributed by atoms with Crippen LogP contribution in [-0.4, -0.2) is 27.7 Å². The number of halogens is 2.